The van der Waals surface area contributed by atoms with Crippen molar-refractivity contribution in [2.24, 2.45) is 0 Å². The number of nitrogen functional groups attached to an aromatic ring is 1. The molecular formula is C20H21FN6O2. The highest BCUT2D eigenvalue weighted by molar-refractivity contribution is 6.06. The van der Waals surface area contributed by atoms with Crippen LogP contribution in [0.3, 0.4) is 0 Å². The Morgan fingerprint density at radius 2 is 2.21 bits per heavy atom. The first-order valence-corrected chi connectivity index (χ1v) is 9.30. The van der Waals surface area contributed by atoms with Gasteiger partial charge in [-0.25, -0.2) is 14.4 Å². The summed E-state index contributed by atoms with van der Waals surface area (Å²) in [5.74, 6) is 0.302. The summed E-state index contributed by atoms with van der Waals surface area (Å²) in [6, 6.07) is 6.99. The van der Waals surface area contributed by atoms with Crippen LogP contribution in [0, 0.1) is 5.82 Å². The van der Waals surface area contributed by atoms with E-state index in [2.05, 4.69) is 19.9 Å². The van der Waals surface area contributed by atoms with Gasteiger partial charge in [0.25, 0.3) is 5.91 Å². The zero-order chi connectivity index (χ0) is 20.5. The average molecular weight is 396 g/mol. The van der Waals surface area contributed by atoms with Crippen LogP contribution in [-0.4, -0.2) is 56.8 Å². The third-order valence-electron chi connectivity index (χ3n) is 5.23. The molecule has 2 aromatic heterocycles. The molecule has 1 aliphatic rings. The maximum Gasteiger partial charge on any atom is 0.254 e. The van der Waals surface area contributed by atoms with Gasteiger partial charge in [-0.3, -0.25) is 14.5 Å². The highest BCUT2D eigenvalue weighted by Gasteiger charge is 2.30. The Morgan fingerprint density at radius 3 is 3.00 bits per heavy atom. The summed E-state index contributed by atoms with van der Waals surface area (Å²) in [6.45, 7) is 1.56. The van der Waals surface area contributed by atoms with Crippen LogP contribution < -0.4 is 11.3 Å². The number of halogens is 1. The molecule has 4 rings (SSSR count). The fourth-order valence-corrected chi connectivity index (χ4v) is 3.70. The Labute approximate surface area is 166 Å². The van der Waals surface area contributed by atoms with E-state index in [9.17, 15) is 14.0 Å². The molecule has 1 aliphatic heterocycles. The molecule has 0 radical (unpaired) electrons. The second kappa shape index (κ2) is 7.59. The number of likely N-dealkylation sites (tertiary alicyclic amines) is 1. The van der Waals surface area contributed by atoms with Gasteiger partial charge in [0.15, 0.2) is 0 Å². The van der Waals surface area contributed by atoms with E-state index < -0.39 is 5.82 Å². The van der Waals surface area contributed by atoms with Gasteiger partial charge < -0.3 is 15.6 Å². The topological polar surface area (TPSA) is 108 Å². The van der Waals surface area contributed by atoms with Crippen LogP contribution in [0.4, 0.5) is 10.2 Å². The molecule has 1 aromatic carbocycles. The zero-order valence-electron chi connectivity index (χ0n) is 15.9. The summed E-state index contributed by atoms with van der Waals surface area (Å²) in [6.07, 6.45) is 2.40. The predicted octanol–water partition coefficient (Wildman–Crippen LogP) is 1.39. The Hall–Kier alpha value is -3.33. The molecule has 1 atom stereocenters. The number of H-pyrrole nitrogens is 1. The highest BCUT2D eigenvalue weighted by Crippen LogP contribution is 2.22. The molecule has 8 nitrogen and oxygen atoms in total. The van der Waals surface area contributed by atoms with Crippen LogP contribution in [0.25, 0.3) is 10.9 Å². The molecule has 0 saturated carbocycles. The lowest BCUT2D eigenvalue weighted by atomic mass is 10.1. The minimum absolute atomic E-state index is 0.119. The maximum absolute atomic E-state index is 13.7. The number of amides is 1. The minimum atomic E-state index is -0.459. The number of pyridine rings is 1. The monoisotopic (exact) mass is 396 g/mol. The van der Waals surface area contributed by atoms with Crippen molar-refractivity contribution in [3.8, 4) is 0 Å². The van der Waals surface area contributed by atoms with Crippen LogP contribution in [0.1, 0.15) is 22.6 Å². The van der Waals surface area contributed by atoms with E-state index >= 15 is 0 Å². The fraction of sp³-hybridized carbons (Fsp3) is 0.300. The van der Waals surface area contributed by atoms with Crippen molar-refractivity contribution in [2.75, 3.05) is 25.9 Å². The van der Waals surface area contributed by atoms with Crippen molar-refractivity contribution >= 4 is 22.6 Å². The van der Waals surface area contributed by atoms with Gasteiger partial charge in [0.2, 0.25) is 5.56 Å². The number of carbonyl (C=O) groups excluding carboxylic acids is 1. The minimum Gasteiger partial charge on any atom is -0.384 e. The summed E-state index contributed by atoms with van der Waals surface area (Å²) in [7, 11) is 1.95. The second-order valence-corrected chi connectivity index (χ2v) is 7.24. The van der Waals surface area contributed by atoms with E-state index in [1.165, 1.54) is 24.3 Å². The molecule has 9 heteroatoms. The number of rotatable bonds is 4. The number of aromatic amines is 1. The number of hydrogen-bond acceptors (Lipinski definition) is 6. The lowest BCUT2D eigenvalue weighted by Crippen LogP contribution is -2.36. The van der Waals surface area contributed by atoms with Gasteiger partial charge in [-0.15, -0.1) is 0 Å². The lowest BCUT2D eigenvalue weighted by Gasteiger charge is -2.24. The van der Waals surface area contributed by atoms with E-state index in [1.54, 1.807) is 17.2 Å². The van der Waals surface area contributed by atoms with Crippen LogP contribution in [0.2, 0.25) is 0 Å². The number of nitrogens with two attached hydrogens (primary N) is 1. The van der Waals surface area contributed by atoms with E-state index in [0.29, 0.717) is 42.2 Å². The van der Waals surface area contributed by atoms with Crippen molar-refractivity contribution in [1.82, 2.24) is 24.8 Å². The van der Waals surface area contributed by atoms with Crippen molar-refractivity contribution < 1.29 is 9.18 Å². The molecule has 0 spiro atoms. The Kier molecular flexibility index (Phi) is 4.98. The lowest BCUT2D eigenvalue weighted by molar-refractivity contribution is 0.0781. The molecule has 3 aromatic rings. The number of nitrogens with zero attached hydrogens (tertiary/aromatic N) is 4. The number of likely N-dealkylation sites (N-methyl/N-ethyl adjacent to an activating group) is 1. The number of aromatic nitrogens is 3. The molecule has 3 N–H and O–H groups in total. The standard InChI is InChI=1S/C20H21FN6O2/c1-26(11-18-23-6-4-17(22)25-18)13-5-7-27(10-13)20(29)15-9-19(28)24-16-3-2-12(21)8-14(15)16/h2-4,6,8-9,13H,5,7,10-11H2,1H3,(H,24,28)(H2,22,23,25). The second-order valence-electron chi connectivity index (χ2n) is 7.24. The third kappa shape index (κ3) is 3.95. The van der Waals surface area contributed by atoms with Crippen molar-refractivity contribution in [2.45, 2.75) is 19.0 Å². The molecule has 1 amide bonds. The van der Waals surface area contributed by atoms with Crippen LogP contribution >= 0.6 is 0 Å². The molecule has 29 heavy (non-hydrogen) atoms. The molecule has 1 saturated heterocycles. The highest BCUT2D eigenvalue weighted by atomic mass is 19.1. The van der Waals surface area contributed by atoms with Gasteiger partial charge in [0.1, 0.15) is 17.5 Å². The third-order valence-corrected chi connectivity index (χ3v) is 5.23. The normalized spacial score (nSPS) is 16.7. The molecular weight excluding hydrogens is 375 g/mol. The Balaban J connectivity index is 1.52. The van der Waals surface area contributed by atoms with Gasteiger partial charge in [-0.05, 0) is 37.7 Å². The van der Waals surface area contributed by atoms with E-state index in [-0.39, 0.29) is 23.1 Å². The molecule has 1 unspecified atom stereocenters. The molecule has 0 bridgehead atoms. The zero-order valence-corrected chi connectivity index (χ0v) is 15.9. The molecule has 150 valence electrons. The quantitative estimate of drug-likeness (QED) is 0.690. The number of nitrogens with one attached hydrogen (secondary N) is 1. The molecule has 3 heterocycles. The van der Waals surface area contributed by atoms with Gasteiger partial charge in [-0.2, -0.15) is 0 Å². The van der Waals surface area contributed by atoms with E-state index in [1.807, 2.05) is 7.05 Å². The van der Waals surface area contributed by atoms with Crippen LogP contribution in [0.15, 0.2) is 41.3 Å². The van der Waals surface area contributed by atoms with Gasteiger partial charge in [-0.1, -0.05) is 0 Å². The first-order valence-electron chi connectivity index (χ1n) is 9.30. The Bertz CT molecular complexity index is 1130. The number of carbonyl (C=O) groups is 1. The average Bonchev–Trinajstić information content (AvgIpc) is 3.17. The maximum atomic E-state index is 13.7. The number of fused-ring (bicyclic) bond motifs is 1. The first-order chi connectivity index (χ1) is 13.9. The summed E-state index contributed by atoms with van der Waals surface area (Å²) in [4.78, 5) is 39.9. The first kappa shape index (κ1) is 19.0. The largest absolute Gasteiger partial charge is 0.384 e. The Morgan fingerprint density at radius 1 is 1.38 bits per heavy atom. The van der Waals surface area contributed by atoms with Crippen LogP contribution in [-0.2, 0) is 6.54 Å². The van der Waals surface area contributed by atoms with Crippen molar-refractivity contribution in [3.63, 3.8) is 0 Å². The van der Waals surface area contributed by atoms with Gasteiger partial charge >= 0.3 is 0 Å². The SMILES string of the molecule is CN(Cc1nccc(N)n1)C1CCN(C(=O)c2cc(=O)[nH]c3ccc(F)cc23)C1. The summed E-state index contributed by atoms with van der Waals surface area (Å²) in [5, 5.41) is 0.402. The van der Waals surface area contributed by atoms with Crippen LogP contribution in [0.5, 0.6) is 0 Å². The molecule has 1 fully saturated rings. The number of anilines is 1. The summed E-state index contributed by atoms with van der Waals surface area (Å²) < 4.78 is 13.7. The molecule has 0 aliphatic carbocycles. The van der Waals surface area contributed by atoms with Crippen molar-refractivity contribution in [3.05, 3.63) is 64.1 Å². The smallest absolute Gasteiger partial charge is 0.254 e. The van der Waals surface area contributed by atoms with Crippen molar-refractivity contribution in [1.29, 1.82) is 0 Å². The summed E-state index contributed by atoms with van der Waals surface area (Å²) >= 11 is 0. The number of benzene rings is 1. The van der Waals surface area contributed by atoms with E-state index in [4.69, 9.17) is 5.73 Å². The predicted molar refractivity (Wildman–Crippen MR) is 107 cm³/mol. The van der Waals surface area contributed by atoms with Gasteiger partial charge in [0.05, 0.1) is 12.1 Å². The summed E-state index contributed by atoms with van der Waals surface area (Å²) in [5.41, 5.74) is 5.97. The van der Waals surface area contributed by atoms with E-state index in [0.717, 1.165) is 6.42 Å². The fourth-order valence-electron chi connectivity index (χ4n) is 3.70. The number of hydrogen-bond donors (Lipinski definition) is 2. The van der Waals surface area contributed by atoms with Gasteiger partial charge in [0, 0.05) is 42.3 Å².